The largest absolute Gasteiger partial charge is 0.493 e. The second-order valence-electron chi connectivity index (χ2n) is 4.62. The molecular weight excluding hydrogens is 216 g/mol. The van der Waals surface area contributed by atoms with E-state index in [4.69, 9.17) is 10.5 Å². The molecule has 0 saturated heterocycles. The van der Waals surface area contributed by atoms with Crippen molar-refractivity contribution in [3.8, 4) is 5.75 Å². The van der Waals surface area contributed by atoms with Crippen LogP contribution in [0.1, 0.15) is 24.3 Å². The Morgan fingerprint density at radius 3 is 3.00 bits per heavy atom. The van der Waals surface area contributed by atoms with Crippen LogP contribution in [0.25, 0.3) is 0 Å². The third-order valence-electron chi connectivity index (χ3n) is 3.12. The molecule has 17 heavy (non-hydrogen) atoms. The lowest BCUT2D eigenvalue weighted by Gasteiger charge is -2.26. The number of hydrogen-bond donors (Lipinski definition) is 1. The van der Waals surface area contributed by atoms with Gasteiger partial charge in [-0.15, -0.1) is 0 Å². The Morgan fingerprint density at radius 1 is 1.53 bits per heavy atom. The van der Waals surface area contributed by atoms with Gasteiger partial charge in [-0.1, -0.05) is 0 Å². The van der Waals surface area contributed by atoms with Crippen LogP contribution >= 0.6 is 0 Å². The molecule has 0 fully saturated rings. The molecular formula is C13H18N2O2. The van der Waals surface area contributed by atoms with Gasteiger partial charge in [0.25, 0.3) is 0 Å². The number of rotatable bonds is 2. The Morgan fingerprint density at radius 2 is 2.29 bits per heavy atom. The summed E-state index contributed by atoms with van der Waals surface area (Å²) in [5, 5.41) is 0. The van der Waals surface area contributed by atoms with Gasteiger partial charge in [0.2, 0.25) is 5.91 Å². The van der Waals surface area contributed by atoms with E-state index in [9.17, 15) is 4.79 Å². The highest BCUT2D eigenvalue weighted by molar-refractivity contribution is 5.76. The maximum absolute atomic E-state index is 11.8. The number of ether oxygens (including phenoxy) is 1. The Balaban J connectivity index is 2.22. The molecule has 0 aliphatic carbocycles. The van der Waals surface area contributed by atoms with E-state index in [1.165, 1.54) is 0 Å². The first-order valence-electron chi connectivity index (χ1n) is 5.80. The fraction of sp³-hybridized carbons (Fsp3) is 0.462. The first-order chi connectivity index (χ1) is 8.08. The van der Waals surface area contributed by atoms with Crippen molar-refractivity contribution in [2.45, 2.75) is 18.8 Å². The van der Waals surface area contributed by atoms with Crippen LogP contribution in [0.4, 0.5) is 5.69 Å². The van der Waals surface area contributed by atoms with E-state index in [1.54, 1.807) is 19.0 Å². The van der Waals surface area contributed by atoms with Crippen molar-refractivity contribution in [1.29, 1.82) is 0 Å². The van der Waals surface area contributed by atoms with Crippen LogP contribution in [0, 0.1) is 0 Å². The number of nitrogens with zero attached hydrogens (tertiary/aromatic N) is 1. The maximum atomic E-state index is 11.8. The molecule has 0 spiro atoms. The van der Waals surface area contributed by atoms with Crippen LogP contribution < -0.4 is 10.5 Å². The highest BCUT2D eigenvalue weighted by Crippen LogP contribution is 2.37. The van der Waals surface area contributed by atoms with Crippen LogP contribution in [0.5, 0.6) is 5.75 Å². The second-order valence-corrected chi connectivity index (χ2v) is 4.62. The average molecular weight is 234 g/mol. The number of hydrogen-bond acceptors (Lipinski definition) is 3. The second kappa shape index (κ2) is 4.65. The number of nitrogen functional groups attached to an aromatic ring is 1. The van der Waals surface area contributed by atoms with Gasteiger partial charge in [0.15, 0.2) is 0 Å². The van der Waals surface area contributed by atoms with Gasteiger partial charge in [0.05, 0.1) is 6.61 Å². The van der Waals surface area contributed by atoms with Gasteiger partial charge in [-0.2, -0.15) is 0 Å². The molecule has 1 unspecified atom stereocenters. The predicted octanol–water partition coefficient (Wildman–Crippen LogP) is 1.61. The van der Waals surface area contributed by atoms with Gasteiger partial charge in [-0.05, 0) is 36.1 Å². The molecule has 2 rings (SSSR count). The summed E-state index contributed by atoms with van der Waals surface area (Å²) in [6, 6.07) is 5.63. The van der Waals surface area contributed by atoms with E-state index in [0.717, 1.165) is 23.4 Å². The normalized spacial score (nSPS) is 18.1. The van der Waals surface area contributed by atoms with Crippen molar-refractivity contribution in [3.63, 3.8) is 0 Å². The number of anilines is 1. The highest BCUT2D eigenvalue weighted by Gasteiger charge is 2.24. The van der Waals surface area contributed by atoms with Crippen LogP contribution in [-0.2, 0) is 4.79 Å². The third kappa shape index (κ3) is 2.52. The minimum absolute atomic E-state index is 0.144. The summed E-state index contributed by atoms with van der Waals surface area (Å²) >= 11 is 0. The zero-order valence-electron chi connectivity index (χ0n) is 10.3. The average Bonchev–Trinajstić information content (AvgIpc) is 2.29. The number of amides is 1. The number of benzene rings is 1. The van der Waals surface area contributed by atoms with Crippen molar-refractivity contribution in [2.24, 2.45) is 0 Å². The van der Waals surface area contributed by atoms with E-state index >= 15 is 0 Å². The monoisotopic (exact) mass is 234 g/mol. The molecule has 1 aliphatic rings. The Bertz CT molecular complexity index is 429. The van der Waals surface area contributed by atoms with Crippen LogP contribution in [-0.4, -0.2) is 31.5 Å². The molecule has 2 N–H and O–H groups in total. The molecule has 0 aromatic heterocycles. The summed E-state index contributed by atoms with van der Waals surface area (Å²) in [6.45, 7) is 0.669. The minimum atomic E-state index is 0.144. The molecule has 0 saturated carbocycles. The molecule has 4 nitrogen and oxygen atoms in total. The lowest BCUT2D eigenvalue weighted by atomic mass is 9.89. The molecule has 1 aliphatic heterocycles. The smallest absolute Gasteiger partial charge is 0.222 e. The van der Waals surface area contributed by atoms with Gasteiger partial charge < -0.3 is 15.4 Å². The summed E-state index contributed by atoms with van der Waals surface area (Å²) in [5.74, 6) is 1.23. The fourth-order valence-corrected chi connectivity index (χ4v) is 2.09. The minimum Gasteiger partial charge on any atom is -0.493 e. The summed E-state index contributed by atoms with van der Waals surface area (Å²) in [4.78, 5) is 13.4. The van der Waals surface area contributed by atoms with E-state index in [2.05, 4.69) is 0 Å². The Kier molecular flexibility index (Phi) is 3.22. The van der Waals surface area contributed by atoms with Crippen LogP contribution in [0.3, 0.4) is 0 Å². The molecule has 0 radical (unpaired) electrons. The first kappa shape index (κ1) is 11.8. The number of carbonyl (C=O) groups is 1. The van der Waals surface area contributed by atoms with Crippen molar-refractivity contribution in [3.05, 3.63) is 23.8 Å². The third-order valence-corrected chi connectivity index (χ3v) is 3.12. The number of nitrogens with two attached hydrogens (primary N) is 1. The lowest BCUT2D eigenvalue weighted by Crippen LogP contribution is -2.25. The summed E-state index contributed by atoms with van der Waals surface area (Å²) < 4.78 is 5.57. The van der Waals surface area contributed by atoms with E-state index in [1.807, 2.05) is 18.2 Å². The van der Waals surface area contributed by atoms with Crippen LogP contribution in [0.2, 0.25) is 0 Å². The zero-order valence-corrected chi connectivity index (χ0v) is 10.3. The molecule has 1 heterocycles. The van der Waals surface area contributed by atoms with Gasteiger partial charge in [0, 0.05) is 26.2 Å². The quantitative estimate of drug-likeness (QED) is 0.791. The first-order valence-corrected chi connectivity index (χ1v) is 5.80. The summed E-state index contributed by atoms with van der Waals surface area (Å²) in [7, 11) is 3.56. The molecule has 1 aromatic rings. The van der Waals surface area contributed by atoms with Crippen molar-refractivity contribution in [1.82, 2.24) is 4.90 Å². The SMILES string of the molecule is CN(C)C(=O)CC1CCOc2ccc(N)cc21. The van der Waals surface area contributed by atoms with Gasteiger partial charge in [-0.25, -0.2) is 0 Å². The molecule has 0 bridgehead atoms. The van der Waals surface area contributed by atoms with Crippen molar-refractivity contribution >= 4 is 11.6 Å². The van der Waals surface area contributed by atoms with E-state index in [-0.39, 0.29) is 11.8 Å². The predicted molar refractivity (Wildman–Crippen MR) is 67.0 cm³/mol. The van der Waals surface area contributed by atoms with Gasteiger partial charge in [-0.3, -0.25) is 4.79 Å². The van der Waals surface area contributed by atoms with E-state index < -0.39 is 0 Å². The fourth-order valence-electron chi connectivity index (χ4n) is 2.09. The summed E-state index contributed by atoms with van der Waals surface area (Å²) in [6.07, 6.45) is 1.39. The van der Waals surface area contributed by atoms with E-state index in [0.29, 0.717) is 13.0 Å². The number of carbonyl (C=O) groups excluding carboxylic acids is 1. The molecule has 1 amide bonds. The lowest BCUT2D eigenvalue weighted by molar-refractivity contribution is -0.129. The van der Waals surface area contributed by atoms with Crippen molar-refractivity contribution < 1.29 is 9.53 Å². The Labute approximate surface area is 101 Å². The van der Waals surface area contributed by atoms with Gasteiger partial charge >= 0.3 is 0 Å². The molecule has 92 valence electrons. The number of fused-ring (bicyclic) bond motifs is 1. The topological polar surface area (TPSA) is 55.6 Å². The van der Waals surface area contributed by atoms with Gasteiger partial charge in [0.1, 0.15) is 5.75 Å². The van der Waals surface area contributed by atoms with Crippen molar-refractivity contribution in [2.75, 3.05) is 26.4 Å². The van der Waals surface area contributed by atoms with Crippen LogP contribution in [0.15, 0.2) is 18.2 Å². The standard InChI is InChI=1S/C13H18N2O2/c1-15(2)13(16)7-9-5-6-17-12-4-3-10(14)8-11(9)12/h3-4,8-9H,5-7,14H2,1-2H3. The highest BCUT2D eigenvalue weighted by atomic mass is 16.5. The molecule has 1 aromatic carbocycles. The zero-order chi connectivity index (χ0) is 12.4. The molecule has 4 heteroatoms. The summed E-state index contributed by atoms with van der Waals surface area (Å²) in [5.41, 5.74) is 7.56. The maximum Gasteiger partial charge on any atom is 0.222 e. The Hall–Kier alpha value is -1.71. The molecule has 1 atom stereocenters.